The first-order valence-electron chi connectivity index (χ1n) is 7.49. The monoisotopic (exact) mass is 324 g/mol. The molecule has 8 heteroatoms. The van der Waals surface area contributed by atoms with Crippen LogP contribution in [-0.2, 0) is 20.2 Å². The number of imidazole rings is 2. The lowest BCUT2D eigenvalue weighted by molar-refractivity contribution is 0.282. The lowest BCUT2D eigenvalue weighted by Gasteiger charge is -2.06. The molecule has 0 atom stereocenters. The van der Waals surface area contributed by atoms with Crippen molar-refractivity contribution in [3.8, 4) is 11.4 Å². The predicted octanol–water partition coefficient (Wildman–Crippen LogP) is 1.20. The van der Waals surface area contributed by atoms with Crippen molar-refractivity contribution < 1.29 is 5.11 Å². The van der Waals surface area contributed by atoms with Crippen molar-refractivity contribution in [2.24, 2.45) is 12.0 Å². The third-order valence-corrected chi connectivity index (χ3v) is 4.10. The molecule has 4 rings (SSSR count). The van der Waals surface area contributed by atoms with Crippen molar-refractivity contribution in [2.75, 3.05) is 5.32 Å². The van der Waals surface area contributed by atoms with Crippen LogP contribution in [0.25, 0.3) is 11.4 Å². The number of aliphatic imine (C=N–C) groups is 1. The van der Waals surface area contributed by atoms with Gasteiger partial charge in [0.25, 0.3) is 0 Å². The molecule has 122 valence electrons. The lowest BCUT2D eigenvalue weighted by atomic mass is 10.1. The molecule has 0 fully saturated rings. The number of aliphatic hydroxyl groups excluding tert-OH is 1. The van der Waals surface area contributed by atoms with Crippen molar-refractivity contribution in [2.45, 2.75) is 13.2 Å². The quantitative estimate of drug-likeness (QED) is 0.674. The number of nitrogens with one attached hydrogen (secondary N) is 2. The number of hydrogen-bond acceptors (Lipinski definition) is 5. The first-order valence-corrected chi connectivity index (χ1v) is 7.49. The molecular weight excluding hydrogens is 308 g/mol. The van der Waals surface area contributed by atoms with E-state index in [1.807, 2.05) is 28.8 Å². The fraction of sp³-hybridized carbons (Fsp3) is 0.188. The average molecular weight is 324 g/mol. The largest absolute Gasteiger partial charge is 0.392 e. The summed E-state index contributed by atoms with van der Waals surface area (Å²) in [7, 11) is 1.68. The minimum atomic E-state index is -0.206. The molecule has 1 aliphatic rings. The zero-order valence-corrected chi connectivity index (χ0v) is 13.0. The number of nitrogens with zero attached hydrogens (tertiary/aromatic N) is 4. The van der Waals surface area contributed by atoms with E-state index >= 15 is 0 Å². The van der Waals surface area contributed by atoms with E-state index in [1.54, 1.807) is 19.7 Å². The van der Waals surface area contributed by atoms with E-state index in [-0.39, 0.29) is 12.3 Å². The number of aliphatic hydroxyl groups is 1. The molecular formula is C16H16N6O2. The molecule has 0 spiro atoms. The van der Waals surface area contributed by atoms with Gasteiger partial charge in [0, 0.05) is 7.05 Å². The molecule has 0 radical (unpaired) electrons. The third-order valence-electron chi connectivity index (χ3n) is 4.10. The minimum absolute atomic E-state index is 0.0286. The van der Waals surface area contributed by atoms with Gasteiger partial charge >= 0.3 is 5.69 Å². The number of rotatable bonds is 3. The van der Waals surface area contributed by atoms with E-state index in [2.05, 4.69) is 20.3 Å². The second-order valence-corrected chi connectivity index (χ2v) is 5.63. The predicted molar refractivity (Wildman–Crippen MR) is 90.5 cm³/mol. The Bertz CT molecular complexity index is 977. The van der Waals surface area contributed by atoms with Crippen LogP contribution in [0.1, 0.15) is 11.1 Å². The molecule has 1 aromatic carbocycles. The van der Waals surface area contributed by atoms with Gasteiger partial charge in [-0.15, -0.1) is 0 Å². The first-order chi connectivity index (χ1) is 11.7. The summed E-state index contributed by atoms with van der Waals surface area (Å²) in [5, 5.41) is 12.1. The van der Waals surface area contributed by atoms with Crippen molar-refractivity contribution in [1.29, 1.82) is 0 Å². The summed E-state index contributed by atoms with van der Waals surface area (Å²) in [4.78, 5) is 23.5. The zero-order chi connectivity index (χ0) is 16.7. The Morgan fingerprint density at radius 3 is 2.71 bits per heavy atom. The molecule has 8 nitrogen and oxygen atoms in total. The van der Waals surface area contributed by atoms with Gasteiger partial charge in [-0.25, -0.2) is 14.8 Å². The Labute approximate surface area is 137 Å². The lowest BCUT2D eigenvalue weighted by Crippen LogP contribution is -2.14. The van der Waals surface area contributed by atoms with Crippen molar-refractivity contribution in [3.05, 3.63) is 52.2 Å². The van der Waals surface area contributed by atoms with E-state index in [0.29, 0.717) is 29.6 Å². The maximum Gasteiger partial charge on any atom is 0.327 e. The summed E-state index contributed by atoms with van der Waals surface area (Å²) in [6, 6.07) is 7.71. The van der Waals surface area contributed by atoms with Crippen molar-refractivity contribution in [1.82, 2.24) is 19.1 Å². The molecule has 0 unspecified atom stereocenters. The fourth-order valence-corrected chi connectivity index (χ4v) is 2.76. The van der Waals surface area contributed by atoms with E-state index in [1.165, 1.54) is 4.57 Å². The summed E-state index contributed by atoms with van der Waals surface area (Å²) in [5.74, 6) is 1.31. The number of hydrogen-bond donors (Lipinski definition) is 3. The molecule has 0 amide bonds. The number of fused-ring (bicyclic) bond motifs is 3. The van der Waals surface area contributed by atoms with Crippen LogP contribution in [0.15, 0.2) is 40.4 Å². The van der Waals surface area contributed by atoms with E-state index < -0.39 is 0 Å². The van der Waals surface area contributed by atoms with Crippen LogP contribution in [0.4, 0.5) is 11.6 Å². The van der Waals surface area contributed by atoms with Gasteiger partial charge in [-0.05, 0) is 11.1 Å². The molecule has 3 heterocycles. The minimum Gasteiger partial charge on any atom is -0.392 e. The number of H-pyrrole nitrogens is 1. The summed E-state index contributed by atoms with van der Waals surface area (Å²) < 4.78 is 3.41. The Hall–Kier alpha value is -3.13. The van der Waals surface area contributed by atoms with E-state index in [4.69, 9.17) is 5.11 Å². The second kappa shape index (κ2) is 5.50. The van der Waals surface area contributed by atoms with Crippen molar-refractivity contribution >= 4 is 18.0 Å². The summed E-state index contributed by atoms with van der Waals surface area (Å²) in [6.07, 6.45) is 3.27. The molecule has 3 aromatic rings. The average Bonchev–Trinajstić information content (AvgIpc) is 3.04. The number of aromatic amines is 1. The second-order valence-electron chi connectivity index (χ2n) is 5.63. The van der Waals surface area contributed by atoms with Crippen LogP contribution < -0.4 is 11.0 Å². The SMILES string of the molecule is Cn1c2c([nH]c1=O)-c1ncn(Cc3ccc(CO)cc3)c1N=CN2. The van der Waals surface area contributed by atoms with Gasteiger partial charge in [0.2, 0.25) is 0 Å². The summed E-state index contributed by atoms with van der Waals surface area (Å²) >= 11 is 0. The molecule has 1 aliphatic heterocycles. The zero-order valence-electron chi connectivity index (χ0n) is 13.0. The number of anilines is 1. The van der Waals surface area contributed by atoms with Crippen LogP contribution in [0.5, 0.6) is 0 Å². The Morgan fingerprint density at radius 1 is 1.21 bits per heavy atom. The molecule has 0 aliphatic carbocycles. The highest BCUT2D eigenvalue weighted by Crippen LogP contribution is 2.33. The number of aromatic nitrogens is 4. The van der Waals surface area contributed by atoms with Crippen LogP contribution >= 0.6 is 0 Å². The van der Waals surface area contributed by atoms with Gasteiger partial charge in [-0.2, -0.15) is 0 Å². The number of benzene rings is 1. The van der Waals surface area contributed by atoms with E-state index in [0.717, 1.165) is 11.1 Å². The van der Waals surface area contributed by atoms with Crippen molar-refractivity contribution in [3.63, 3.8) is 0 Å². The maximum absolute atomic E-state index is 11.9. The normalized spacial score (nSPS) is 12.4. The molecule has 0 bridgehead atoms. The highest BCUT2D eigenvalue weighted by Gasteiger charge is 2.22. The fourth-order valence-electron chi connectivity index (χ4n) is 2.76. The Balaban J connectivity index is 1.74. The standard InChI is InChI=1S/C16H16N6O2/c1-21-14-13(20-16(21)24)12-15(18-8-17-14)22(9-19-12)6-10-2-4-11(7-23)5-3-10/h2-5,8-9,23H,6-7H2,1H3,(H,17,18)(H,20,24). The van der Waals surface area contributed by atoms with E-state index in [9.17, 15) is 4.79 Å². The van der Waals surface area contributed by atoms with Gasteiger partial charge in [0.15, 0.2) is 5.82 Å². The van der Waals surface area contributed by atoms with Crippen LogP contribution in [0.2, 0.25) is 0 Å². The van der Waals surface area contributed by atoms with Crippen LogP contribution in [-0.4, -0.2) is 30.5 Å². The highest BCUT2D eigenvalue weighted by molar-refractivity contribution is 5.89. The maximum atomic E-state index is 11.9. The third kappa shape index (κ3) is 2.24. The molecule has 3 N–H and O–H groups in total. The van der Waals surface area contributed by atoms with Gasteiger partial charge in [-0.1, -0.05) is 24.3 Å². The van der Waals surface area contributed by atoms with Gasteiger partial charge < -0.3 is 20.0 Å². The molecule has 0 saturated carbocycles. The Kier molecular flexibility index (Phi) is 3.31. The summed E-state index contributed by atoms with van der Waals surface area (Å²) in [5.41, 5.74) is 3.00. The summed E-state index contributed by atoms with van der Waals surface area (Å²) in [6.45, 7) is 0.624. The molecule has 0 saturated heterocycles. The Morgan fingerprint density at radius 2 is 1.96 bits per heavy atom. The smallest absolute Gasteiger partial charge is 0.327 e. The van der Waals surface area contributed by atoms with Crippen LogP contribution in [0.3, 0.4) is 0 Å². The molecule has 24 heavy (non-hydrogen) atoms. The topological polar surface area (TPSA) is 100 Å². The van der Waals surface area contributed by atoms with Gasteiger partial charge in [0.05, 0.1) is 25.8 Å². The molecule has 2 aromatic heterocycles. The van der Waals surface area contributed by atoms with Gasteiger partial charge in [-0.3, -0.25) is 4.57 Å². The first kappa shape index (κ1) is 14.5. The highest BCUT2D eigenvalue weighted by atomic mass is 16.3. The van der Waals surface area contributed by atoms with Gasteiger partial charge in [0.1, 0.15) is 17.2 Å². The van der Waals surface area contributed by atoms with Crippen LogP contribution in [0, 0.1) is 0 Å².